The number of hydrogen-bond donors (Lipinski definition) is 1. The molecule has 0 spiro atoms. The molecule has 3 aliphatic rings. The molecule has 4 heteroatoms. The summed E-state index contributed by atoms with van der Waals surface area (Å²) in [6, 6.07) is 7.53. The summed E-state index contributed by atoms with van der Waals surface area (Å²) in [6.07, 6.45) is 5.95. The van der Waals surface area contributed by atoms with E-state index >= 15 is 0 Å². The fourth-order valence-corrected chi connectivity index (χ4v) is 5.89. The Balaban J connectivity index is 1.52. The predicted molar refractivity (Wildman–Crippen MR) is 106 cm³/mol. The minimum atomic E-state index is 0.293. The molecule has 0 amide bonds. The molecule has 25 heavy (non-hydrogen) atoms. The summed E-state index contributed by atoms with van der Waals surface area (Å²) in [5.41, 5.74) is 6.09. The standard InChI is InChI=1S/C21H28N2OS/c1-14(24)13-25-7-6-15-8-19-18-5-3-4-16-10-22-11-17(21(16)18)9-20(19)23(2)12-15/h3-5,11,15,19-20,22H,6-10,12-13H2,1-2H3/t15-,19?,20-/m1/s1. The van der Waals surface area contributed by atoms with Crippen molar-refractivity contribution in [2.45, 2.75) is 44.7 Å². The van der Waals surface area contributed by atoms with Crippen LogP contribution in [0.3, 0.4) is 0 Å². The van der Waals surface area contributed by atoms with Gasteiger partial charge in [0, 0.05) is 31.2 Å². The fourth-order valence-electron chi connectivity index (χ4n) is 4.96. The van der Waals surface area contributed by atoms with E-state index in [0.717, 1.165) is 18.2 Å². The van der Waals surface area contributed by atoms with Gasteiger partial charge in [0.1, 0.15) is 5.78 Å². The van der Waals surface area contributed by atoms with Crippen molar-refractivity contribution in [3.05, 3.63) is 41.1 Å². The minimum Gasteiger partial charge on any atom is -0.387 e. The van der Waals surface area contributed by atoms with Crippen molar-refractivity contribution in [2.75, 3.05) is 25.1 Å². The molecule has 3 nitrogen and oxygen atoms in total. The van der Waals surface area contributed by atoms with Gasteiger partial charge >= 0.3 is 0 Å². The molecule has 134 valence electrons. The minimum absolute atomic E-state index is 0.293. The number of benzene rings is 1. The Morgan fingerprint density at radius 2 is 2.28 bits per heavy atom. The number of fused-ring (bicyclic) bond motifs is 2. The maximum absolute atomic E-state index is 11.1. The van der Waals surface area contributed by atoms with E-state index in [2.05, 4.69) is 41.7 Å². The quantitative estimate of drug-likeness (QED) is 0.816. The number of piperidine rings is 1. The molecule has 0 bridgehead atoms. The summed E-state index contributed by atoms with van der Waals surface area (Å²) in [4.78, 5) is 13.7. The van der Waals surface area contributed by atoms with E-state index in [4.69, 9.17) is 0 Å². The van der Waals surface area contributed by atoms with Crippen LogP contribution in [0.4, 0.5) is 0 Å². The summed E-state index contributed by atoms with van der Waals surface area (Å²) < 4.78 is 0. The second kappa shape index (κ2) is 7.16. The van der Waals surface area contributed by atoms with Gasteiger partial charge in [-0.05, 0) is 67.2 Å². The lowest BCUT2D eigenvalue weighted by Gasteiger charge is -2.48. The van der Waals surface area contributed by atoms with Crippen LogP contribution in [0.15, 0.2) is 24.4 Å². The van der Waals surface area contributed by atoms with Crippen molar-refractivity contribution >= 4 is 23.1 Å². The molecule has 2 heterocycles. The highest BCUT2D eigenvalue weighted by Gasteiger charge is 2.40. The number of hydrogen-bond acceptors (Lipinski definition) is 4. The monoisotopic (exact) mass is 356 g/mol. The van der Waals surface area contributed by atoms with Crippen molar-refractivity contribution in [3.63, 3.8) is 0 Å². The van der Waals surface area contributed by atoms with Crippen LogP contribution in [0, 0.1) is 5.92 Å². The Morgan fingerprint density at radius 3 is 3.12 bits per heavy atom. The van der Waals surface area contributed by atoms with E-state index < -0.39 is 0 Å². The summed E-state index contributed by atoms with van der Waals surface area (Å²) in [5, 5.41) is 3.45. The molecule has 1 unspecified atom stereocenters. The van der Waals surface area contributed by atoms with Gasteiger partial charge in [0.15, 0.2) is 0 Å². The highest BCUT2D eigenvalue weighted by molar-refractivity contribution is 7.99. The van der Waals surface area contributed by atoms with Crippen molar-refractivity contribution in [1.29, 1.82) is 0 Å². The van der Waals surface area contributed by atoms with Crippen molar-refractivity contribution in [2.24, 2.45) is 5.92 Å². The van der Waals surface area contributed by atoms with Gasteiger partial charge in [-0.2, -0.15) is 11.8 Å². The molecule has 1 aromatic carbocycles. The Bertz CT molecular complexity index is 699. The third kappa shape index (κ3) is 3.39. The highest BCUT2D eigenvalue weighted by Crippen LogP contribution is 2.48. The normalized spacial score (nSPS) is 27.8. The Kier molecular flexibility index (Phi) is 4.92. The first-order chi connectivity index (χ1) is 12.1. The molecule has 3 atom stereocenters. The summed E-state index contributed by atoms with van der Waals surface area (Å²) in [5.74, 6) is 3.47. The topological polar surface area (TPSA) is 32.3 Å². The average Bonchev–Trinajstić information content (AvgIpc) is 2.60. The molecule has 1 saturated heterocycles. The number of likely N-dealkylation sites (N-methyl/N-ethyl adjacent to an activating group) is 1. The number of nitrogens with zero attached hydrogens (tertiary/aromatic N) is 1. The summed E-state index contributed by atoms with van der Waals surface area (Å²) >= 11 is 1.80. The first-order valence-electron chi connectivity index (χ1n) is 9.45. The van der Waals surface area contributed by atoms with Gasteiger partial charge in [-0.3, -0.25) is 4.79 Å². The molecule has 1 aromatic rings. The van der Waals surface area contributed by atoms with Gasteiger partial charge in [-0.25, -0.2) is 0 Å². The van der Waals surface area contributed by atoms with E-state index in [1.165, 1.54) is 36.9 Å². The molecule has 0 aromatic heterocycles. The number of nitrogens with one attached hydrogen (secondary N) is 1. The third-order valence-electron chi connectivity index (χ3n) is 6.04. The number of ketones is 1. The molecule has 0 radical (unpaired) electrons. The lowest BCUT2D eigenvalue weighted by Crippen LogP contribution is -2.47. The predicted octanol–water partition coefficient (Wildman–Crippen LogP) is 3.65. The van der Waals surface area contributed by atoms with Crippen molar-refractivity contribution < 1.29 is 4.79 Å². The van der Waals surface area contributed by atoms with Gasteiger partial charge in [0.2, 0.25) is 0 Å². The lowest BCUT2D eigenvalue weighted by molar-refractivity contribution is -0.114. The summed E-state index contributed by atoms with van der Waals surface area (Å²) in [7, 11) is 2.30. The second-order valence-electron chi connectivity index (χ2n) is 7.89. The number of likely N-dealkylation sites (tertiary alicyclic amines) is 1. The van der Waals surface area contributed by atoms with Crippen molar-refractivity contribution in [3.8, 4) is 0 Å². The SMILES string of the molecule is CC(=O)CSCC[C@@H]1CC2c3cccc4c3C(=CNC4)C[C@H]2N(C)C1. The van der Waals surface area contributed by atoms with Crippen LogP contribution in [0.5, 0.6) is 0 Å². The van der Waals surface area contributed by atoms with Crippen LogP contribution < -0.4 is 5.32 Å². The highest BCUT2D eigenvalue weighted by atomic mass is 32.2. The third-order valence-corrected chi connectivity index (χ3v) is 7.18. The molecule has 1 fully saturated rings. The van der Waals surface area contributed by atoms with Crippen LogP contribution in [0.1, 0.15) is 48.8 Å². The number of thioether (sulfide) groups is 1. The first kappa shape index (κ1) is 17.2. The zero-order valence-corrected chi connectivity index (χ0v) is 16.1. The molecular formula is C21H28N2OS. The molecule has 1 N–H and O–H groups in total. The van der Waals surface area contributed by atoms with Gasteiger partial charge < -0.3 is 10.2 Å². The summed E-state index contributed by atoms with van der Waals surface area (Å²) in [6.45, 7) is 3.84. The molecule has 2 aliphatic heterocycles. The lowest BCUT2D eigenvalue weighted by atomic mass is 9.68. The van der Waals surface area contributed by atoms with Crippen LogP contribution >= 0.6 is 11.8 Å². The number of carbonyl (C=O) groups is 1. The van der Waals surface area contributed by atoms with Gasteiger partial charge in [0.25, 0.3) is 0 Å². The van der Waals surface area contributed by atoms with Crippen LogP contribution in [0.2, 0.25) is 0 Å². The van der Waals surface area contributed by atoms with Crippen LogP contribution in [-0.2, 0) is 11.3 Å². The fraction of sp³-hybridized carbons (Fsp3) is 0.571. The number of rotatable bonds is 5. The first-order valence-corrected chi connectivity index (χ1v) is 10.6. The average molecular weight is 357 g/mol. The van der Waals surface area contributed by atoms with E-state index in [0.29, 0.717) is 23.5 Å². The van der Waals surface area contributed by atoms with Gasteiger partial charge in [0.05, 0.1) is 5.75 Å². The van der Waals surface area contributed by atoms with Gasteiger partial charge in [-0.15, -0.1) is 0 Å². The van der Waals surface area contributed by atoms with Crippen LogP contribution in [0.25, 0.3) is 5.57 Å². The molecule has 0 saturated carbocycles. The van der Waals surface area contributed by atoms with E-state index in [-0.39, 0.29) is 0 Å². The Hall–Kier alpha value is -1.26. The maximum atomic E-state index is 11.1. The van der Waals surface area contributed by atoms with Crippen LogP contribution in [-0.4, -0.2) is 41.8 Å². The Labute approximate surface area is 155 Å². The molecule has 4 rings (SSSR count). The Morgan fingerprint density at radius 1 is 1.40 bits per heavy atom. The zero-order valence-electron chi connectivity index (χ0n) is 15.3. The molecule has 1 aliphatic carbocycles. The van der Waals surface area contributed by atoms with E-state index in [1.807, 2.05) is 0 Å². The second-order valence-corrected chi connectivity index (χ2v) is 9.00. The van der Waals surface area contributed by atoms with E-state index in [1.54, 1.807) is 29.8 Å². The zero-order chi connectivity index (χ0) is 17.4. The number of carbonyl (C=O) groups excluding carboxylic acids is 1. The van der Waals surface area contributed by atoms with Gasteiger partial charge in [-0.1, -0.05) is 18.2 Å². The maximum Gasteiger partial charge on any atom is 0.139 e. The van der Waals surface area contributed by atoms with Crippen molar-refractivity contribution in [1.82, 2.24) is 10.2 Å². The van der Waals surface area contributed by atoms with E-state index in [9.17, 15) is 4.79 Å². The largest absolute Gasteiger partial charge is 0.387 e. The smallest absolute Gasteiger partial charge is 0.139 e. The number of Topliss-reactive ketones (excluding diaryl/α,β-unsaturated/α-hetero) is 1. The molecular weight excluding hydrogens is 328 g/mol.